The third kappa shape index (κ3) is 19.6. The Kier molecular flexibility index (Phi) is 26.9. The summed E-state index contributed by atoms with van der Waals surface area (Å²) >= 11 is 0. The second-order valence-electron chi connectivity index (χ2n) is 18.2. The van der Waals surface area contributed by atoms with Crippen molar-refractivity contribution in [3.8, 4) is 0 Å². The summed E-state index contributed by atoms with van der Waals surface area (Å²) in [5.74, 6) is -0.375. The number of imidazole rings is 1. The number of primary amides is 1. The average Bonchev–Trinajstić information content (AvgIpc) is 3.95. The molecule has 5 amide bonds. The van der Waals surface area contributed by atoms with Crippen LogP contribution in [0.15, 0.2) is 64.6 Å². The molecule has 2 heterocycles. The highest BCUT2D eigenvalue weighted by molar-refractivity contribution is 5.90. The molecular formula is C51H82N14O5. The molecule has 1 aliphatic heterocycles. The van der Waals surface area contributed by atoms with Crippen molar-refractivity contribution in [2.75, 3.05) is 26.2 Å². The van der Waals surface area contributed by atoms with Crippen LogP contribution in [0.5, 0.6) is 0 Å². The maximum absolute atomic E-state index is 14.6. The van der Waals surface area contributed by atoms with E-state index in [1.54, 1.807) is 4.90 Å². The molecule has 0 radical (unpaired) electrons. The molecule has 2 aromatic rings. The molecular weight excluding hydrogens is 889 g/mol. The SMILES string of the molecule is C=N/C(NNC(=O)CC1CCCN1C(=O)C(CCCN=C(N)N)NC(=O)C(CC(C)C)C(CCCCN)NC(=O)CCCCN)=c1/nc(CCCC)n(Cc2ccccc2)/c1=C1\C=CC=CC1.NC=O. The van der Waals surface area contributed by atoms with Crippen molar-refractivity contribution in [1.82, 2.24) is 35.9 Å². The number of carbonyl (C=O) groups excluding carboxylic acids is 5. The van der Waals surface area contributed by atoms with Crippen molar-refractivity contribution in [2.45, 2.75) is 148 Å². The number of benzene rings is 1. The summed E-state index contributed by atoms with van der Waals surface area (Å²) in [6.07, 6.45) is 18.1. The summed E-state index contributed by atoms with van der Waals surface area (Å²) in [7, 11) is 0. The van der Waals surface area contributed by atoms with Crippen LogP contribution < -0.4 is 60.9 Å². The quantitative estimate of drug-likeness (QED) is 0.0186. The highest BCUT2D eigenvalue weighted by Crippen LogP contribution is 2.25. The van der Waals surface area contributed by atoms with Crippen LogP contribution in [0.2, 0.25) is 0 Å². The molecule has 19 nitrogen and oxygen atoms in total. The topological polar surface area (TPSA) is 309 Å². The van der Waals surface area contributed by atoms with E-state index in [2.05, 4.69) is 79.7 Å². The normalized spacial score (nSPS) is 16.5. The number of aryl methyl sites for hydroxylation is 1. The Morgan fingerprint density at radius 2 is 1.67 bits per heavy atom. The zero-order valence-electron chi connectivity index (χ0n) is 41.9. The first-order valence-corrected chi connectivity index (χ1v) is 25.0. The van der Waals surface area contributed by atoms with Crippen LogP contribution in [0.3, 0.4) is 0 Å². The Hall–Kier alpha value is -6.34. The molecule has 1 fully saturated rings. The van der Waals surface area contributed by atoms with E-state index in [0.717, 1.165) is 60.8 Å². The lowest BCUT2D eigenvalue weighted by Crippen LogP contribution is -2.54. The first-order chi connectivity index (χ1) is 33.8. The van der Waals surface area contributed by atoms with Crippen molar-refractivity contribution in [3.05, 3.63) is 76.7 Å². The average molecular weight is 971 g/mol. The van der Waals surface area contributed by atoms with Gasteiger partial charge in [0.1, 0.15) is 17.2 Å². The van der Waals surface area contributed by atoms with E-state index in [-0.39, 0.29) is 61.3 Å². The summed E-state index contributed by atoms with van der Waals surface area (Å²) < 4.78 is 2.25. The zero-order valence-corrected chi connectivity index (χ0v) is 41.9. The Labute approximate surface area is 414 Å². The van der Waals surface area contributed by atoms with Crippen molar-refractivity contribution in [3.63, 3.8) is 0 Å². The lowest BCUT2D eigenvalue weighted by molar-refractivity contribution is -0.139. The molecule has 0 bridgehead atoms. The number of aromatic nitrogens is 2. The number of likely N-dealkylation sites (tertiary alicyclic amines) is 1. The van der Waals surface area contributed by atoms with Gasteiger partial charge in [-0.25, -0.2) is 9.98 Å². The predicted molar refractivity (Wildman–Crippen MR) is 278 cm³/mol. The number of aliphatic imine (C=N–C) groups is 2. The number of unbranched alkanes of at least 4 members (excludes halogenated alkanes) is 3. The van der Waals surface area contributed by atoms with E-state index in [1.165, 1.54) is 0 Å². The third-order valence-corrected chi connectivity index (χ3v) is 12.2. The Morgan fingerprint density at radius 3 is 2.31 bits per heavy atom. The molecule has 4 unspecified atom stereocenters. The molecule has 14 N–H and O–H groups in total. The highest BCUT2D eigenvalue weighted by atomic mass is 16.2. The van der Waals surface area contributed by atoms with Crippen molar-refractivity contribution < 1.29 is 24.0 Å². The fourth-order valence-electron chi connectivity index (χ4n) is 8.84. The second kappa shape index (κ2) is 32.5. The van der Waals surface area contributed by atoms with Crippen LogP contribution in [0.1, 0.15) is 128 Å². The van der Waals surface area contributed by atoms with E-state index in [4.69, 9.17) is 32.7 Å². The number of allylic oxidation sites excluding steroid dienone is 4. The minimum absolute atomic E-state index is 0.00910. The maximum Gasteiger partial charge on any atom is 0.245 e. The smallest absolute Gasteiger partial charge is 0.245 e. The van der Waals surface area contributed by atoms with Crippen LogP contribution in [-0.4, -0.2) is 101 Å². The number of amides is 5. The van der Waals surface area contributed by atoms with Gasteiger partial charge in [0.05, 0.1) is 11.3 Å². The number of nitrogens with one attached hydrogen (secondary N) is 4. The monoisotopic (exact) mass is 971 g/mol. The van der Waals surface area contributed by atoms with Gasteiger partial charge < -0.3 is 48.8 Å². The lowest BCUT2D eigenvalue weighted by atomic mass is 9.86. The van der Waals surface area contributed by atoms with Gasteiger partial charge >= 0.3 is 0 Å². The van der Waals surface area contributed by atoms with Gasteiger partial charge in [0, 0.05) is 51.0 Å². The van der Waals surface area contributed by atoms with Gasteiger partial charge in [-0.05, 0) is 107 Å². The second-order valence-corrected chi connectivity index (χ2v) is 18.2. The molecule has 1 saturated heterocycles. The Morgan fingerprint density at radius 1 is 0.943 bits per heavy atom. The van der Waals surface area contributed by atoms with Gasteiger partial charge in [0.25, 0.3) is 0 Å². The number of hydrogen-bond donors (Lipinski definition) is 9. The number of carbonyl (C=O) groups is 5. The van der Waals surface area contributed by atoms with Gasteiger partial charge in [0.2, 0.25) is 30.0 Å². The summed E-state index contributed by atoms with van der Waals surface area (Å²) in [6, 6.07) is 8.47. The third-order valence-electron chi connectivity index (χ3n) is 12.2. The maximum atomic E-state index is 14.6. The molecule has 1 aliphatic carbocycles. The van der Waals surface area contributed by atoms with Crippen molar-refractivity contribution in [1.29, 1.82) is 0 Å². The van der Waals surface area contributed by atoms with E-state index in [1.807, 2.05) is 44.2 Å². The highest BCUT2D eigenvalue weighted by Gasteiger charge is 2.37. The lowest BCUT2D eigenvalue weighted by Gasteiger charge is -2.32. The predicted octanol–water partition coefficient (Wildman–Crippen LogP) is 1.75. The molecule has 19 heteroatoms. The number of rotatable bonds is 29. The van der Waals surface area contributed by atoms with Crippen LogP contribution in [-0.2, 0) is 36.9 Å². The minimum Gasteiger partial charge on any atom is -0.372 e. The van der Waals surface area contributed by atoms with Crippen molar-refractivity contribution >= 4 is 54.1 Å². The van der Waals surface area contributed by atoms with Crippen molar-refractivity contribution in [2.24, 2.45) is 50.5 Å². The Bertz CT molecular complexity index is 2180. The minimum atomic E-state index is -0.916. The van der Waals surface area contributed by atoms with Crippen LogP contribution in [0.4, 0.5) is 0 Å². The number of nitrogens with two attached hydrogens (primary N) is 5. The van der Waals surface area contributed by atoms with Gasteiger partial charge in [-0.3, -0.25) is 39.8 Å². The Balaban J connectivity index is 0.00000421. The number of hydrogen-bond acceptors (Lipinski definition) is 11. The first-order valence-electron chi connectivity index (χ1n) is 25.0. The van der Waals surface area contributed by atoms with E-state index in [9.17, 15) is 19.2 Å². The summed E-state index contributed by atoms with van der Waals surface area (Å²) in [4.78, 5) is 79.9. The van der Waals surface area contributed by atoms with Crippen LogP contribution in [0, 0.1) is 11.8 Å². The molecule has 1 aromatic heterocycles. The van der Waals surface area contributed by atoms with Gasteiger partial charge in [-0.1, -0.05) is 88.2 Å². The summed E-state index contributed by atoms with van der Waals surface area (Å²) in [5, 5.41) is 7.75. The number of nitrogens with zero attached hydrogens (tertiary/aromatic N) is 5. The summed E-state index contributed by atoms with van der Waals surface area (Å²) in [5.41, 5.74) is 35.0. The molecule has 4 atom stereocenters. The fraction of sp³-hybridized carbons (Fsp3) is 0.569. The van der Waals surface area contributed by atoms with Crippen LogP contribution >= 0.6 is 0 Å². The molecule has 2 aliphatic rings. The molecule has 0 saturated carbocycles. The standard InChI is InChI=1S/C50H79N13O4.CH3NO/c1-5-6-26-42-59-45(46(37-21-11-8-12-22-37)63(42)34-36-19-9-7-10-20-36)47(55-4)61-60-44(65)33-38-23-18-31-62(38)49(67)41(25-17-30-56-50(53)54)58-48(66)39(32-35(2)3)40(24-13-15-28-51)57-43(64)27-14-16-29-52;2-1-3/h7-12,19-21,35,38-41,61H,4-6,13-18,22-34,51-52H2,1-3H3,(H,57,64)(H,58,66)(H,60,65)(H4,53,54,56);1H,(H2,2,3)/b46-37+,47-45-;. The van der Waals surface area contributed by atoms with Gasteiger partial charge in [0.15, 0.2) is 11.8 Å². The first kappa shape index (κ1) is 58.0. The number of hydrazine groups is 1. The number of guanidine groups is 1. The van der Waals surface area contributed by atoms with E-state index >= 15 is 0 Å². The molecule has 70 heavy (non-hydrogen) atoms. The van der Waals surface area contributed by atoms with E-state index < -0.39 is 24.0 Å². The molecule has 1 aromatic carbocycles. The van der Waals surface area contributed by atoms with Gasteiger partial charge in [-0.15, -0.1) is 0 Å². The molecule has 4 rings (SSSR count). The van der Waals surface area contributed by atoms with E-state index in [0.29, 0.717) is 88.7 Å². The zero-order chi connectivity index (χ0) is 51.3. The molecule has 386 valence electrons. The fourth-order valence-corrected chi connectivity index (χ4v) is 8.84. The summed E-state index contributed by atoms with van der Waals surface area (Å²) in [6.45, 7) is 12.4. The molecule has 0 spiro atoms. The van der Waals surface area contributed by atoms with Crippen LogP contribution in [0.25, 0.3) is 11.4 Å². The van der Waals surface area contributed by atoms with Gasteiger partial charge in [-0.2, -0.15) is 0 Å². The largest absolute Gasteiger partial charge is 0.372 e.